The van der Waals surface area contributed by atoms with E-state index in [9.17, 15) is 8.78 Å². The molecular weight excluding hydrogens is 298 g/mol. The van der Waals surface area contributed by atoms with E-state index in [0.29, 0.717) is 17.2 Å². The molecule has 0 amide bonds. The van der Waals surface area contributed by atoms with Crippen molar-refractivity contribution < 1.29 is 13.5 Å². The molecule has 118 valence electrons. The number of hydrogen-bond acceptors (Lipinski definition) is 2. The van der Waals surface area contributed by atoms with Gasteiger partial charge in [-0.3, -0.25) is 0 Å². The maximum Gasteiger partial charge on any atom is 0.146 e. The Morgan fingerprint density at radius 2 is 1.96 bits per heavy atom. The molecular formula is C18H16F2N2O. The van der Waals surface area contributed by atoms with E-state index in [2.05, 4.69) is 9.98 Å². The molecule has 1 aromatic heterocycles. The summed E-state index contributed by atoms with van der Waals surface area (Å²) < 4.78 is 32.3. The van der Waals surface area contributed by atoms with Gasteiger partial charge in [0.15, 0.2) is 0 Å². The molecule has 3 nitrogen and oxygen atoms in total. The Bertz CT molecular complexity index is 860. The second-order valence-electron chi connectivity index (χ2n) is 5.41. The molecule has 0 fully saturated rings. The Balaban J connectivity index is 2.04. The number of hydrogen-bond donors (Lipinski definition) is 1. The van der Waals surface area contributed by atoms with Crippen LogP contribution in [0.15, 0.2) is 46.8 Å². The molecule has 23 heavy (non-hydrogen) atoms. The SMILES string of the molecule is COC1=CC(c2ccc(F)cc2F)=N/C1=C/c1[nH]c(C)cc1C. The zero-order valence-corrected chi connectivity index (χ0v) is 13.1. The van der Waals surface area contributed by atoms with E-state index in [1.165, 1.54) is 19.2 Å². The number of halogens is 2. The Kier molecular flexibility index (Phi) is 3.86. The van der Waals surface area contributed by atoms with Crippen LogP contribution in [0.25, 0.3) is 6.08 Å². The molecule has 5 heteroatoms. The molecule has 3 rings (SSSR count). The van der Waals surface area contributed by atoms with Gasteiger partial charge in [-0.1, -0.05) is 0 Å². The van der Waals surface area contributed by atoms with Gasteiger partial charge in [-0.2, -0.15) is 0 Å². The van der Waals surface area contributed by atoms with Crippen molar-refractivity contribution in [1.82, 2.24) is 4.98 Å². The van der Waals surface area contributed by atoms with Crippen molar-refractivity contribution in [1.29, 1.82) is 0 Å². The number of aromatic amines is 1. The van der Waals surface area contributed by atoms with Gasteiger partial charge in [-0.05, 0) is 43.7 Å². The largest absolute Gasteiger partial charge is 0.494 e. The third-order valence-corrected chi connectivity index (χ3v) is 3.66. The molecule has 0 aliphatic carbocycles. The lowest BCUT2D eigenvalue weighted by Crippen LogP contribution is -1.99. The van der Waals surface area contributed by atoms with Gasteiger partial charge in [0.05, 0.1) is 12.8 Å². The van der Waals surface area contributed by atoms with Crippen LogP contribution in [0.3, 0.4) is 0 Å². The molecule has 0 unspecified atom stereocenters. The molecule has 1 aromatic carbocycles. The monoisotopic (exact) mass is 314 g/mol. The quantitative estimate of drug-likeness (QED) is 0.902. The number of rotatable bonds is 3. The summed E-state index contributed by atoms with van der Waals surface area (Å²) in [5, 5.41) is 0. The number of aromatic nitrogens is 1. The van der Waals surface area contributed by atoms with Crippen molar-refractivity contribution in [2.24, 2.45) is 4.99 Å². The van der Waals surface area contributed by atoms with Gasteiger partial charge in [0.2, 0.25) is 0 Å². The summed E-state index contributed by atoms with van der Waals surface area (Å²) in [5.74, 6) is -0.729. The van der Waals surface area contributed by atoms with Crippen molar-refractivity contribution in [3.63, 3.8) is 0 Å². The summed E-state index contributed by atoms with van der Waals surface area (Å²) in [4.78, 5) is 7.66. The zero-order chi connectivity index (χ0) is 16.6. The van der Waals surface area contributed by atoms with Gasteiger partial charge in [-0.25, -0.2) is 13.8 Å². The van der Waals surface area contributed by atoms with Crippen LogP contribution < -0.4 is 0 Å². The minimum atomic E-state index is -0.649. The van der Waals surface area contributed by atoms with Crippen LogP contribution in [-0.2, 0) is 4.74 Å². The molecule has 0 radical (unpaired) electrons. The number of allylic oxidation sites excluding steroid dienone is 1. The van der Waals surface area contributed by atoms with Crippen molar-refractivity contribution in [2.45, 2.75) is 13.8 Å². The number of ether oxygens (including phenoxy) is 1. The van der Waals surface area contributed by atoms with Crippen LogP contribution in [0.1, 0.15) is 22.5 Å². The Hall–Kier alpha value is -2.69. The minimum Gasteiger partial charge on any atom is -0.494 e. The van der Waals surface area contributed by atoms with E-state index >= 15 is 0 Å². The fourth-order valence-electron chi connectivity index (χ4n) is 2.55. The van der Waals surface area contributed by atoms with Gasteiger partial charge in [0.25, 0.3) is 0 Å². The van der Waals surface area contributed by atoms with Gasteiger partial charge in [-0.15, -0.1) is 0 Å². The fraction of sp³-hybridized carbons (Fsp3) is 0.167. The highest BCUT2D eigenvalue weighted by molar-refractivity contribution is 6.12. The lowest BCUT2D eigenvalue weighted by Gasteiger charge is -2.01. The van der Waals surface area contributed by atoms with E-state index in [0.717, 1.165) is 23.0 Å². The highest BCUT2D eigenvalue weighted by Gasteiger charge is 2.19. The minimum absolute atomic E-state index is 0.240. The molecule has 0 saturated carbocycles. The standard InChI is InChI=1S/C18H16F2N2O/c1-10-6-11(2)21-15(10)8-17-18(23-3)9-16(22-17)13-5-4-12(19)7-14(13)20/h4-9,21H,1-3H3/b17-8+. The van der Waals surface area contributed by atoms with Crippen LogP contribution >= 0.6 is 0 Å². The smallest absolute Gasteiger partial charge is 0.146 e. The van der Waals surface area contributed by atoms with E-state index in [-0.39, 0.29) is 5.56 Å². The maximum atomic E-state index is 13.9. The second kappa shape index (κ2) is 5.83. The predicted octanol–water partition coefficient (Wildman–Crippen LogP) is 4.28. The van der Waals surface area contributed by atoms with Gasteiger partial charge < -0.3 is 9.72 Å². The lowest BCUT2D eigenvalue weighted by atomic mass is 10.1. The summed E-state index contributed by atoms with van der Waals surface area (Å²) in [5.41, 5.74) is 4.29. The molecule has 1 N–H and O–H groups in total. The second-order valence-corrected chi connectivity index (χ2v) is 5.41. The number of aliphatic imine (C=N–C) groups is 1. The van der Waals surface area contributed by atoms with Crippen LogP contribution in [0, 0.1) is 25.5 Å². The molecule has 0 spiro atoms. The van der Waals surface area contributed by atoms with Crippen molar-refractivity contribution >= 4 is 11.8 Å². The van der Waals surface area contributed by atoms with Crippen molar-refractivity contribution in [2.75, 3.05) is 7.11 Å². The number of nitrogens with one attached hydrogen (secondary N) is 1. The molecule has 0 atom stereocenters. The third-order valence-electron chi connectivity index (χ3n) is 3.66. The van der Waals surface area contributed by atoms with Gasteiger partial charge in [0.1, 0.15) is 23.1 Å². The summed E-state index contributed by atoms with van der Waals surface area (Å²) in [6, 6.07) is 5.46. The first-order chi connectivity index (χ1) is 11.0. The first kappa shape index (κ1) is 15.2. The normalized spacial score (nSPS) is 15.8. The number of nitrogens with zero attached hydrogens (tertiary/aromatic N) is 1. The van der Waals surface area contributed by atoms with E-state index in [1.54, 1.807) is 6.08 Å². The van der Waals surface area contributed by atoms with Crippen molar-refractivity contribution in [3.05, 3.63) is 75.9 Å². The lowest BCUT2D eigenvalue weighted by molar-refractivity contribution is 0.303. The average Bonchev–Trinajstić information content (AvgIpc) is 3.02. The summed E-state index contributed by atoms with van der Waals surface area (Å²) >= 11 is 0. The Morgan fingerprint density at radius 3 is 2.57 bits per heavy atom. The molecule has 1 aliphatic heterocycles. The molecule has 1 aliphatic rings. The van der Waals surface area contributed by atoms with Crippen molar-refractivity contribution in [3.8, 4) is 0 Å². The summed E-state index contributed by atoms with van der Waals surface area (Å²) in [6.07, 6.45) is 3.50. The topological polar surface area (TPSA) is 37.4 Å². The maximum absolute atomic E-state index is 13.9. The molecule has 0 bridgehead atoms. The number of H-pyrrole nitrogens is 1. The zero-order valence-electron chi connectivity index (χ0n) is 13.1. The van der Waals surface area contributed by atoms with Gasteiger partial charge >= 0.3 is 0 Å². The summed E-state index contributed by atoms with van der Waals surface area (Å²) in [6.45, 7) is 3.96. The first-order valence-corrected chi connectivity index (χ1v) is 7.16. The Morgan fingerprint density at radius 1 is 1.17 bits per heavy atom. The average molecular weight is 314 g/mol. The Labute approximate surface area is 133 Å². The van der Waals surface area contributed by atoms with E-state index < -0.39 is 11.6 Å². The highest BCUT2D eigenvalue weighted by atomic mass is 19.1. The molecule has 2 heterocycles. The number of aryl methyl sites for hydroxylation is 2. The predicted molar refractivity (Wildman–Crippen MR) is 86.2 cm³/mol. The van der Waals surface area contributed by atoms with Gasteiger partial charge in [0, 0.05) is 29.1 Å². The first-order valence-electron chi connectivity index (χ1n) is 7.16. The van der Waals surface area contributed by atoms with E-state index in [1.807, 2.05) is 26.0 Å². The highest BCUT2D eigenvalue weighted by Crippen LogP contribution is 2.27. The number of methoxy groups -OCH3 is 1. The molecule has 2 aromatic rings. The third kappa shape index (κ3) is 2.95. The van der Waals surface area contributed by atoms with Crippen LogP contribution in [-0.4, -0.2) is 17.8 Å². The van der Waals surface area contributed by atoms with Crippen LogP contribution in [0.2, 0.25) is 0 Å². The molecule has 0 saturated heterocycles. The van der Waals surface area contributed by atoms with E-state index in [4.69, 9.17) is 4.74 Å². The number of benzene rings is 1. The van der Waals surface area contributed by atoms with Crippen LogP contribution in [0.4, 0.5) is 8.78 Å². The fourth-order valence-corrected chi connectivity index (χ4v) is 2.55. The summed E-state index contributed by atoms with van der Waals surface area (Å²) in [7, 11) is 1.53. The van der Waals surface area contributed by atoms with Crippen LogP contribution in [0.5, 0.6) is 0 Å².